The molecule has 1 rings (SSSR count). The molecular formula is C14H15F3N2O2. The van der Waals surface area contributed by atoms with Crippen molar-refractivity contribution in [1.82, 2.24) is 0 Å². The van der Waals surface area contributed by atoms with Crippen molar-refractivity contribution in [1.29, 1.82) is 5.26 Å². The van der Waals surface area contributed by atoms with E-state index < -0.39 is 12.6 Å². The predicted octanol–water partition coefficient (Wildman–Crippen LogP) is 3.25. The van der Waals surface area contributed by atoms with Crippen LogP contribution in [-0.4, -0.2) is 25.3 Å². The second-order valence-electron chi connectivity index (χ2n) is 4.32. The summed E-state index contributed by atoms with van der Waals surface area (Å²) in [6, 6.07) is 8.30. The minimum atomic E-state index is -4.17. The van der Waals surface area contributed by atoms with Crippen molar-refractivity contribution in [3.63, 3.8) is 0 Å². The third-order valence-electron chi connectivity index (χ3n) is 2.52. The zero-order valence-corrected chi connectivity index (χ0v) is 11.2. The van der Waals surface area contributed by atoms with Crippen molar-refractivity contribution >= 4 is 11.6 Å². The maximum absolute atomic E-state index is 11.8. The van der Waals surface area contributed by atoms with Crippen molar-refractivity contribution in [3.8, 4) is 6.07 Å². The molecule has 1 aromatic carbocycles. The number of halogens is 3. The third-order valence-corrected chi connectivity index (χ3v) is 2.52. The van der Waals surface area contributed by atoms with Crippen molar-refractivity contribution in [3.05, 3.63) is 29.8 Å². The Morgan fingerprint density at radius 1 is 1.24 bits per heavy atom. The van der Waals surface area contributed by atoms with E-state index in [-0.39, 0.29) is 32.0 Å². The summed E-state index contributed by atoms with van der Waals surface area (Å²) in [5.74, 6) is -0.296. The van der Waals surface area contributed by atoms with E-state index in [1.807, 2.05) is 6.07 Å². The van der Waals surface area contributed by atoms with Gasteiger partial charge in [-0.15, -0.1) is 0 Å². The maximum atomic E-state index is 11.8. The van der Waals surface area contributed by atoms with Gasteiger partial charge in [-0.2, -0.15) is 18.4 Å². The van der Waals surface area contributed by atoms with Gasteiger partial charge in [0, 0.05) is 18.7 Å². The lowest BCUT2D eigenvalue weighted by Gasteiger charge is -2.07. The summed E-state index contributed by atoms with van der Waals surface area (Å²) < 4.78 is 40.5. The number of nitriles is 1. The molecule has 7 heteroatoms. The second-order valence-corrected chi connectivity index (χ2v) is 4.32. The van der Waals surface area contributed by atoms with Gasteiger partial charge in [0.2, 0.25) is 5.91 Å². The maximum Gasteiger partial charge on any atom is 0.389 e. The summed E-state index contributed by atoms with van der Waals surface area (Å²) in [5.41, 5.74) is 1.04. The van der Waals surface area contributed by atoms with E-state index in [1.165, 1.54) is 0 Å². The van der Waals surface area contributed by atoms with Crippen LogP contribution in [0.1, 0.15) is 24.8 Å². The molecule has 0 aliphatic rings. The molecule has 0 aromatic heterocycles. The fourth-order valence-corrected chi connectivity index (χ4v) is 1.49. The topological polar surface area (TPSA) is 62.1 Å². The Hall–Kier alpha value is -2.07. The minimum Gasteiger partial charge on any atom is -0.381 e. The number of ether oxygens (including phenoxy) is 1. The monoisotopic (exact) mass is 300 g/mol. The van der Waals surface area contributed by atoms with E-state index >= 15 is 0 Å². The van der Waals surface area contributed by atoms with Crippen LogP contribution in [0.15, 0.2) is 24.3 Å². The van der Waals surface area contributed by atoms with Crippen LogP contribution in [0.2, 0.25) is 0 Å². The summed E-state index contributed by atoms with van der Waals surface area (Å²) in [6.07, 6.45) is -5.10. The number of hydrogen-bond donors (Lipinski definition) is 1. The van der Waals surface area contributed by atoms with Gasteiger partial charge in [0.25, 0.3) is 0 Å². The molecule has 1 aromatic rings. The number of amides is 1. The highest BCUT2D eigenvalue weighted by molar-refractivity contribution is 5.90. The Labute approximate surface area is 120 Å². The fraction of sp³-hybridized carbons (Fsp3) is 0.429. The number of benzene rings is 1. The van der Waals surface area contributed by atoms with Gasteiger partial charge >= 0.3 is 6.18 Å². The second kappa shape index (κ2) is 8.27. The lowest BCUT2D eigenvalue weighted by atomic mass is 10.2. The molecule has 0 aliphatic heterocycles. The third kappa shape index (κ3) is 7.95. The molecule has 0 bridgehead atoms. The molecule has 0 fully saturated rings. The van der Waals surface area contributed by atoms with Gasteiger partial charge in [0.1, 0.15) is 0 Å². The van der Waals surface area contributed by atoms with E-state index in [2.05, 4.69) is 5.32 Å². The highest BCUT2D eigenvalue weighted by Gasteiger charge is 2.25. The SMILES string of the molecule is N#Cc1ccc(NC(=O)CCOCCCC(F)(F)F)cc1. The van der Waals surface area contributed by atoms with Crippen LogP contribution in [0.25, 0.3) is 0 Å². The normalized spacial score (nSPS) is 11.0. The van der Waals surface area contributed by atoms with Gasteiger partial charge < -0.3 is 10.1 Å². The van der Waals surface area contributed by atoms with Crippen LogP contribution in [0.3, 0.4) is 0 Å². The number of alkyl halides is 3. The summed E-state index contributed by atoms with van der Waals surface area (Å²) in [4.78, 5) is 11.5. The fourth-order valence-electron chi connectivity index (χ4n) is 1.49. The number of hydrogen-bond acceptors (Lipinski definition) is 3. The smallest absolute Gasteiger partial charge is 0.381 e. The molecular weight excluding hydrogens is 285 g/mol. The first-order valence-electron chi connectivity index (χ1n) is 6.35. The van der Waals surface area contributed by atoms with Gasteiger partial charge in [-0.3, -0.25) is 4.79 Å². The number of anilines is 1. The molecule has 0 atom stereocenters. The summed E-state index contributed by atoms with van der Waals surface area (Å²) in [6.45, 7) is 0.0453. The average molecular weight is 300 g/mol. The molecule has 4 nitrogen and oxygen atoms in total. The Bertz CT molecular complexity index is 492. The van der Waals surface area contributed by atoms with Crippen LogP contribution >= 0.6 is 0 Å². The van der Waals surface area contributed by atoms with E-state index in [0.717, 1.165) is 0 Å². The number of rotatable bonds is 7. The number of nitrogens with one attached hydrogen (secondary N) is 1. The van der Waals surface area contributed by atoms with Gasteiger partial charge in [0.15, 0.2) is 0 Å². The Morgan fingerprint density at radius 2 is 1.90 bits per heavy atom. The standard InChI is InChI=1S/C14H15F3N2O2/c15-14(16,17)7-1-8-21-9-6-13(20)19-12-4-2-11(10-18)3-5-12/h2-5H,1,6-9H2,(H,19,20). The number of nitrogens with zero attached hydrogens (tertiary/aromatic N) is 1. The van der Waals surface area contributed by atoms with Crippen molar-refractivity contribution in [2.75, 3.05) is 18.5 Å². The Morgan fingerprint density at radius 3 is 2.48 bits per heavy atom. The van der Waals surface area contributed by atoms with Crippen LogP contribution in [0, 0.1) is 11.3 Å². The van der Waals surface area contributed by atoms with Crippen LogP contribution in [0.4, 0.5) is 18.9 Å². The van der Waals surface area contributed by atoms with Crippen molar-refractivity contribution in [2.24, 2.45) is 0 Å². The zero-order chi connectivity index (χ0) is 15.7. The summed E-state index contributed by atoms with van der Waals surface area (Å²) in [7, 11) is 0. The minimum absolute atomic E-state index is 0.0242. The first-order valence-corrected chi connectivity index (χ1v) is 6.35. The Kier molecular flexibility index (Phi) is 6.69. The van der Waals surface area contributed by atoms with Crippen molar-refractivity contribution < 1.29 is 22.7 Å². The predicted molar refractivity (Wildman–Crippen MR) is 70.5 cm³/mol. The van der Waals surface area contributed by atoms with E-state index in [1.54, 1.807) is 24.3 Å². The van der Waals surface area contributed by atoms with Crippen LogP contribution in [-0.2, 0) is 9.53 Å². The lowest BCUT2D eigenvalue weighted by Crippen LogP contribution is -2.15. The first-order chi connectivity index (χ1) is 9.90. The molecule has 0 saturated heterocycles. The molecule has 0 unspecified atom stereocenters. The molecule has 114 valence electrons. The molecule has 1 amide bonds. The highest BCUT2D eigenvalue weighted by Crippen LogP contribution is 2.21. The van der Waals surface area contributed by atoms with Crippen LogP contribution < -0.4 is 5.32 Å². The van der Waals surface area contributed by atoms with Gasteiger partial charge in [0.05, 0.1) is 24.7 Å². The number of carbonyl (C=O) groups is 1. The van der Waals surface area contributed by atoms with Gasteiger partial charge in [-0.05, 0) is 30.7 Å². The molecule has 0 saturated carbocycles. The Balaban J connectivity index is 2.15. The molecule has 1 N–H and O–H groups in total. The number of carbonyl (C=O) groups excluding carboxylic acids is 1. The lowest BCUT2D eigenvalue weighted by molar-refractivity contribution is -0.138. The molecule has 0 radical (unpaired) electrons. The molecule has 0 aliphatic carbocycles. The van der Waals surface area contributed by atoms with E-state index in [4.69, 9.17) is 10.00 Å². The van der Waals surface area contributed by atoms with E-state index in [9.17, 15) is 18.0 Å². The summed E-state index contributed by atoms with van der Waals surface area (Å²) in [5, 5.41) is 11.2. The van der Waals surface area contributed by atoms with Gasteiger partial charge in [-0.25, -0.2) is 0 Å². The largest absolute Gasteiger partial charge is 0.389 e. The van der Waals surface area contributed by atoms with Crippen molar-refractivity contribution in [2.45, 2.75) is 25.4 Å². The summed E-state index contributed by atoms with van der Waals surface area (Å²) >= 11 is 0. The zero-order valence-electron chi connectivity index (χ0n) is 11.2. The molecule has 0 spiro atoms. The molecule has 21 heavy (non-hydrogen) atoms. The van der Waals surface area contributed by atoms with E-state index in [0.29, 0.717) is 11.3 Å². The van der Waals surface area contributed by atoms with Crippen LogP contribution in [0.5, 0.6) is 0 Å². The highest BCUT2D eigenvalue weighted by atomic mass is 19.4. The van der Waals surface area contributed by atoms with Gasteiger partial charge in [-0.1, -0.05) is 0 Å². The average Bonchev–Trinajstić information content (AvgIpc) is 2.42. The first kappa shape index (κ1) is 17.0. The quantitative estimate of drug-likeness (QED) is 0.786. The molecule has 0 heterocycles.